The predicted octanol–water partition coefficient (Wildman–Crippen LogP) is 6.40. The molecule has 7 heteroatoms. The van der Waals surface area contributed by atoms with Crippen molar-refractivity contribution in [1.82, 2.24) is 0 Å². The van der Waals surface area contributed by atoms with Crippen LogP contribution >= 0.6 is 18.9 Å². The highest BCUT2D eigenvalue weighted by Gasteiger charge is 2.33. The molecule has 0 radical (unpaired) electrons. The molecular formula is C24H26NO4PS. The summed E-state index contributed by atoms with van der Waals surface area (Å²) in [5, 5.41) is 13.4. The maximum absolute atomic E-state index is 14.1. The lowest BCUT2D eigenvalue weighted by Gasteiger charge is -2.22. The van der Waals surface area contributed by atoms with Gasteiger partial charge in [0.25, 0.3) is 0 Å². The van der Waals surface area contributed by atoms with Gasteiger partial charge in [0.1, 0.15) is 4.88 Å². The monoisotopic (exact) mass is 455 g/mol. The molecular weight excluding hydrogens is 429 g/mol. The van der Waals surface area contributed by atoms with Crippen molar-refractivity contribution in [1.29, 1.82) is 0 Å². The van der Waals surface area contributed by atoms with Crippen LogP contribution in [0.15, 0.2) is 48.5 Å². The van der Waals surface area contributed by atoms with E-state index in [1.54, 1.807) is 6.07 Å². The first kappa shape index (κ1) is 21.8. The molecule has 4 rings (SSSR count). The van der Waals surface area contributed by atoms with Crippen molar-refractivity contribution in [3.05, 3.63) is 70.1 Å². The number of aromatic carboxylic acids is 1. The minimum absolute atomic E-state index is 0.121. The van der Waals surface area contributed by atoms with Crippen molar-refractivity contribution in [2.24, 2.45) is 5.92 Å². The maximum Gasteiger partial charge on any atom is 0.348 e. The number of aryl methyl sites for hydroxylation is 3. The van der Waals surface area contributed by atoms with E-state index < -0.39 is 13.5 Å². The molecule has 0 bridgehead atoms. The summed E-state index contributed by atoms with van der Waals surface area (Å²) < 4.78 is 20.1. The Kier molecular flexibility index (Phi) is 6.07. The number of carboxylic acids is 1. The molecule has 5 nitrogen and oxygen atoms in total. The number of rotatable bonds is 8. The quantitative estimate of drug-likeness (QED) is 0.385. The summed E-state index contributed by atoms with van der Waals surface area (Å²) in [6.45, 7) is 6.29. The number of benzene rings is 2. The maximum atomic E-state index is 14.1. The van der Waals surface area contributed by atoms with Gasteiger partial charge in [0.05, 0.1) is 17.6 Å². The molecule has 1 heterocycles. The topological polar surface area (TPSA) is 75.6 Å². The Balaban J connectivity index is 1.74. The van der Waals surface area contributed by atoms with Gasteiger partial charge in [-0.1, -0.05) is 47.5 Å². The second kappa shape index (κ2) is 8.62. The van der Waals surface area contributed by atoms with E-state index in [9.17, 15) is 14.5 Å². The van der Waals surface area contributed by atoms with Gasteiger partial charge in [-0.25, -0.2) is 4.79 Å². The molecule has 1 unspecified atom stereocenters. The first-order chi connectivity index (χ1) is 14.7. The van der Waals surface area contributed by atoms with Gasteiger partial charge in [0.2, 0.25) is 0 Å². The summed E-state index contributed by atoms with van der Waals surface area (Å²) in [5.74, 6) is -0.634. The Bertz CT molecular complexity index is 1160. The summed E-state index contributed by atoms with van der Waals surface area (Å²) in [5.41, 5.74) is 4.31. The number of carboxylic acid groups (broad SMARTS) is 1. The molecule has 0 spiro atoms. The number of carbonyl (C=O) groups is 1. The minimum atomic E-state index is -3.52. The number of thiophene rings is 1. The molecule has 0 aliphatic heterocycles. The highest BCUT2D eigenvalue weighted by atomic mass is 32.1. The van der Waals surface area contributed by atoms with E-state index in [1.807, 2.05) is 63.2 Å². The normalized spacial score (nSPS) is 15.5. The van der Waals surface area contributed by atoms with Crippen LogP contribution in [0, 0.1) is 26.7 Å². The SMILES string of the molecule is Cc1ccc(-c2cc(NP(=O)(OCC3CC3)c3ccc(C)cc3C)c(C(=O)O)s2)cc1. The molecule has 1 aliphatic rings. The Labute approximate surface area is 186 Å². The molecule has 2 aromatic carbocycles. The average Bonchev–Trinajstić information content (AvgIpc) is 3.45. The van der Waals surface area contributed by atoms with Crippen LogP contribution in [0.1, 0.15) is 39.2 Å². The lowest BCUT2D eigenvalue weighted by atomic mass is 10.1. The zero-order valence-corrected chi connectivity index (χ0v) is 19.6. The molecule has 31 heavy (non-hydrogen) atoms. The van der Waals surface area contributed by atoms with E-state index in [1.165, 1.54) is 11.3 Å². The van der Waals surface area contributed by atoms with Crippen molar-refractivity contribution < 1.29 is 19.0 Å². The Morgan fingerprint density at radius 3 is 2.39 bits per heavy atom. The van der Waals surface area contributed by atoms with Gasteiger partial charge >= 0.3 is 13.5 Å². The van der Waals surface area contributed by atoms with Crippen LogP contribution < -0.4 is 10.4 Å². The Morgan fingerprint density at radius 2 is 1.77 bits per heavy atom. The highest BCUT2D eigenvalue weighted by molar-refractivity contribution is 7.68. The number of hydrogen-bond acceptors (Lipinski definition) is 4. The molecule has 0 amide bonds. The average molecular weight is 456 g/mol. The summed E-state index contributed by atoms with van der Waals surface area (Å²) in [7, 11) is -3.52. The van der Waals surface area contributed by atoms with Gasteiger partial charge in [0.15, 0.2) is 0 Å². The second-order valence-corrected chi connectivity index (χ2v) is 11.3. The van der Waals surface area contributed by atoms with E-state index >= 15 is 0 Å². The third kappa shape index (κ3) is 4.93. The van der Waals surface area contributed by atoms with Gasteiger partial charge in [-0.3, -0.25) is 4.57 Å². The molecule has 1 saturated carbocycles. The predicted molar refractivity (Wildman–Crippen MR) is 127 cm³/mol. The zero-order valence-electron chi connectivity index (χ0n) is 17.8. The third-order valence-corrected chi connectivity index (χ3v) is 8.74. The smallest absolute Gasteiger partial charge is 0.348 e. The fourth-order valence-electron chi connectivity index (χ4n) is 3.44. The molecule has 0 saturated heterocycles. The Hall–Kier alpha value is -2.40. The number of nitrogens with one attached hydrogen (secondary N) is 1. The van der Waals surface area contributed by atoms with Crippen molar-refractivity contribution >= 4 is 35.8 Å². The van der Waals surface area contributed by atoms with Crippen LogP contribution in [-0.4, -0.2) is 17.7 Å². The lowest BCUT2D eigenvalue weighted by molar-refractivity contribution is 0.0703. The highest BCUT2D eigenvalue weighted by Crippen LogP contribution is 2.50. The molecule has 1 atom stereocenters. The van der Waals surface area contributed by atoms with Crippen LogP contribution in [0.2, 0.25) is 0 Å². The van der Waals surface area contributed by atoms with Gasteiger partial charge in [0, 0.05) is 4.88 Å². The van der Waals surface area contributed by atoms with E-state index in [-0.39, 0.29) is 4.88 Å². The van der Waals surface area contributed by atoms with Crippen molar-refractivity contribution in [3.63, 3.8) is 0 Å². The first-order valence-electron chi connectivity index (χ1n) is 10.3. The largest absolute Gasteiger partial charge is 0.477 e. The summed E-state index contributed by atoms with van der Waals surface area (Å²) in [6.07, 6.45) is 2.15. The molecule has 1 aliphatic carbocycles. The van der Waals surface area contributed by atoms with E-state index in [4.69, 9.17) is 4.52 Å². The standard InChI is InChI=1S/C24H26NO4PS/c1-15-4-9-19(10-5-15)22-13-20(23(31-22)24(26)27)25-30(28,29-14-18-7-8-18)21-11-6-16(2)12-17(21)3/h4-6,9-13,18H,7-8,14H2,1-3H3,(H,25,28)(H,26,27). The molecule has 1 aromatic heterocycles. The van der Waals surface area contributed by atoms with Gasteiger partial charge in [-0.15, -0.1) is 11.3 Å². The van der Waals surface area contributed by atoms with Crippen LogP contribution in [0.4, 0.5) is 5.69 Å². The van der Waals surface area contributed by atoms with Crippen molar-refractivity contribution in [2.45, 2.75) is 33.6 Å². The fourth-order valence-corrected chi connectivity index (χ4v) is 6.52. The summed E-state index contributed by atoms with van der Waals surface area (Å²) in [6, 6.07) is 15.3. The van der Waals surface area contributed by atoms with E-state index in [0.717, 1.165) is 40.0 Å². The lowest BCUT2D eigenvalue weighted by Crippen LogP contribution is -2.18. The molecule has 3 aromatic rings. The molecule has 1 fully saturated rings. The van der Waals surface area contributed by atoms with Crippen LogP contribution in [0.25, 0.3) is 10.4 Å². The summed E-state index contributed by atoms with van der Waals surface area (Å²) >= 11 is 1.17. The van der Waals surface area contributed by atoms with E-state index in [2.05, 4.69) is 5.09 Å². The van der Waals surface area contributed by atoms with Crippen molar-refractivity contribution in [3.8, 4) is 10.4 Å². The summed E-state index contributed by atoms with van der Waals surface area (Å²) in [4.78, 5) is 12.9. The fraction of sp³-hybridized carbons (Fsp3) is 0.292. The van der Waals surface area contributed by atoms with Gasteiger partial charge in [-0.05, 0) is 62.8 Å². The number of hydrogen-bond donors (Lipinski definition) is 2. The second-order valence-electron chi connectivity index (χ2n) is 8.22. The van der Waals surface area contributed by atoms with Crippen LogP contribution in [-0.2, 0) is 9.09 Å². The molecule has 162 valence electrons. The molecule has 2 N–H and O–H groups in total. The Morgan fingerprint density at radius 1 is 1.10 bits per heavy atom. The zero-order chi connectivity index (χ0) is 22.2. The van der Waals surface area contributed by atoms with E-state index in [0.29, 0.717) is 23.5 Å². The van der Waals surface area contributed by atoms with Gasteiger partial charge in [-0.2, -0.15) is 0 Å². The van der Waals surface area contributed by atoms with Gasteiger partial charge < -0.3 is 14.7 Å². The van der Waals surface area contributed by atoms with Crippen LogP contribution in [0.5, 0.6) is 0 Å². The third-order valence-electron chi connectivity index (χ3n) is 5.39. The van der Waals surface area contributed by atoms with Crippen molar-refractivity contribution in [2.75, 3.05) is 11.7 Å². The first-order valence-corrected chi connectivity index (χ1v) is 12.7. The van der Waals surface area contributed by atoms with Crippen LogP contribution in [0.3, 0.4) is 0 Å². The minimum Gasteiger partial charge on any atom is -0.477 e. The number of anilines is 1.